The largest absolute Gasteiger partial charge is 0.454 e. The second-order valence-corrected chi connectivity index (χ2v) is 4.34. The van der Waals surface area contributed by atoms with E-state index >= 15 is 0 Å². The van der Waals surface area contributed by atoms with E-state index in [0.717, 1.165) is 0 Å². The van der Waals surface area contributed by atoms with Gasteiger partial charge in [0.1, 0.15) is 11.6 Å². The highest BCUT2D eigenvalue weighted by atomic mass is 35.5. The lowest BCUT2D eigenvalue weighted by molar-refractivity contribution is -0.127. The molecule has 0 spiro atoms. The molecule has 0 bridgehead atoms. The smallest absolute Gasteiger partial charge is 0.387 e. The maximum Gasteiger partial charge on any atom is 0.387 e. The van der Waals surface area contributed by atoms with Crippen molar-refractivity contribution in [1.29, 1.82) is 0 Å². The van der Waals surface area contributed by atoms with E-state index in [9.17, 15) is 13.6 Å². The molecule has 0 aliphatic carbocycles. The Hall–Kier alpha value is -1.76. The lowest BCUT2D eigenvalue weighted by atomic mass is 10.1. The van der Waals surface area contributed by atoms with Crippen LogP contribution in [0.25, 0.3) is 0 Å². The number of carbonyl (C=O) groups excluding carboxylic acids is 1. The lowest BCUT2D eigenvalue weighted by Crippen LogP contribution is -2.27. The molecule has 1 aromatic carbocycles. The van der Waals surface area contributed by atoms with Crippen LogP contribution >= 0.6 is 11.6 Å². The van der Waals surface area contributed by atoms with Crippen LogP contribution in [0.3, 0.4) is 0 Å². The molecule has 20 heavy (non-hydrogen) atoms. The van der Waals surface area contributed by atoms with Crippen LogP contribution in [0.2, 0.25) is 0 Å². The molecule has 1 heterocycles. The SMILES string of the molecule is CN(Cc1cc2c(cc1OC(F)F)OCO2)C(=O)CCl. The quantitative estimate of drug-likeness (QED) is 0.783. The van der Waals surface area contributed by atoms with Crippen molar-refractivity contribution in [2.24, 2.45) is 0 Å². The van der Waals surface area contributed by atoms with Crippen molar-refractivity contribution < 1.29 is 27.8 Å². The van der Waals surface area contributed by atoms with Crippen LogP contribution in [0.1, 0.15) is 5.56 Å². The number of hydrogen-bond acceptors (Lipinski definition) is 4. The van der Waals surface area contributed by atoms with E-state index in [1.807, 2.05) is 0 Å². The summed E-state index contributed by atoms with van der Waals surface area (Å²) in [5, 5.41) is 0. The molecule has 1 aliphatic heterocycles. The minimum absolute atomic E-state index is 0.0172. The van der Waals surface area contributed by atoms with Gasteiger partial charge in [-0.3, -0.25) is 4.79 Å². The lowest BCUT2D eigenvalue weighted by Gasteiger charge is -2.18. The highest BCUT2D eigenvalue weighted by Gasteiger charge is 2.21. The number of carbonyl (C=O) groups is 1. The Morgan fingerprint density at radius 3 is 2.70 bits per heavy atom. The summed E-state index contributed by atoms with van der Waals surface area (Å²) >= 11 is 5.44. The molecule has 1 aliphatic rings. The summed E-state index contributed by atoms with van der Waals surface area (Å²) in [5.41, 5.74) is 0.385. The Morgan fingerprint density at radius 1 is 1.45 bits per heavy atom. The third-order valence-corrected chi connectivity index (χ3v) is 2.95. The van der Waals surface area contributed by atoms with Crippen LogP contribution in [-0.2, 0) is 11.3 Å². The fourth-order valence-electron chi connectivity index (χ4n) is 1.74. The number of fused-ring (bicyclic) bond motifs is 1. The molecular weight excluding hydrogens is 296 g/mol. The van der Waals surface area contributed by atoms with Crippen LogP contribution in [0.4, 0.5) is 8.78 Å². The fourth-order valence-corrected chi connectivity index (χ4v) is 1.94. The van der Waals surface area contributed by atoms with Crippen molar-refractivity contribution in [3.63, 3.8) is 0 Å². The molecule has 0 radical (unpaired) electrons. The van der Waals surface area contributed by atoms with E-state index in [0.29, 0.717) is 17.1 Å². The third-order valence-electron chi connectivity index (χ3n) is 2.72. The van der Waals surface area contributed by atoms with Gasteiger partial charge in [-0.25, -0.2) is 0 Å². The molecule has 0 atom stereocenters. The first-order valence-electron chi connectivity index (χ1n) is 5.68. The van der Waals surface area contributed by atoms with Crippen molar-refractivity contribution in [3.8, 4) is 17.2 Å². The summed E-state index contributed by atoms with van der Waals surface area (Å²) in [7, 11) is 1.52. The topological polar surface area (TPSA) is 48.0 Å². The predicted octanol–water partition coefficient (Wildman–Crippen LogP) is 2.21. The van der Waals surface area contributed by atoms with Crippen molar-refractivity contribution in [3.05, 3.63) is 17.7 Å². The average Bonchev–Trinajstić information content (AvgIpc) is 2.84. The van der Waals surface area contributed by atoms with Gasteiger partial charge in [-0.2, -0.15) is 8.78 Å². The Bertz CT molecular complexity index is 512. The molecule has 1 aromatic rings. The number of halogens is 3. The normalized spacial score (nSPS) is 12.7. The van der Waals surface area contributed by atoms with Gasteiger partial charge in [0.15, 0.2) is 11.5 Å². The number of nitrogens with zero attached hydrogens (tertiary/aromatic N) is 1. The third kappa shape index (κ3) is 3.22. The highest BCUT2D eigenvalue weighted by molar-refractivity contribution is 6.27. The zero-order chi connectivity index (χ0) is 14.7. The van der Waals surface area contributed by atoms with Crippen molar-refractivity contribution in [1.82, 2.24) is 4.90 Å². The first-order valence-corrected chi connectivity index (χ1v) is 6.22. The first kappa shape index (κ1) is 14.6. The van der Waals surface area contributed by atoms with Gasteiger partial charge in [0.05, 0.1) is 0 Å². The van der Waals surface area contributed by atoms with Crippen LogP contribution < -0.4 is 14.2 Å². The number of ether oxygens (including phenoxy) is 3. The van der Waals surface area contributed by atoms with Crippen LogP contribution in [0.5, 0.6) is 17.2 Å². The number of rotatable bonds is 5. The zero-order valence-corrected chi connectivity index (χ0v) is 11.3. The standard InChI is InChI=1S/C12H12ClF2NO4/c1-16(11(17)4-13)5-7-2-9-10(19-6-18-9)3-8(7)20-12(14)15/h2-3,12H,4-6H2,1H3. The average molecular weight is 308 g/mol. The Morgan fingerprint density at radius 2 is 2.10 bits per heavy atom. The van der Waals surface area contributed by atoms with Crippen LogP contribution in [-0.4, -0.2) is 37.1 Å². The summed E-state index contributed by atoms with van der Waals surface area (Å²) in [6, 6.07) is 2.83. The minimum atomic E-state index is -2.97. The van der Waals surface area contributed by atoms with Gasteiger partial charge >= 0.3 is 6.61 Å². The molecule has 0 aromatic heterocycles. The van der Waals surface area contributed by atoms with E-state index in [2.05, 4.69) is 4.74 Å². The molecule has 0 saturated heterocycles. The van der Waals surface area contributed by atoms with E-state index in [1.165, 1.54) is 24.1 Å². The highest BCUT2D eigenvalue weighted by Crippen LogP contribution is 2.39. The molecule has 0 saturated carbocycles. The monoisotopic (exact) mass is 307 g/mol. The summed E-state index contributed by atoms with van der Waals surface area (Å²) in [6.45, 7) is -2.88. The Labute approximate surface area is 119 Å². The van der Waals surface area contributed by atoms with Crippen LogP contribution in [0, 0.1) is 0 Å². The zero-order valence-electron chi connectivity index (χ0n) is 10.6. The number of benzene rings is 1. The fraction of sp³-hybridized carbons (Fsp3) is 0.417. The van der Waals surface area contributed by atoms with E-state index in [4.69, 9.17) is 21.1 Å². The van der Waals surface area contributed by atoms with Gasteiger partial charge in [-0.15, -0.1) is 11.6 Å². The van der Waals surface area contributed by atoms with Gasteiger partial charge < -0.3 is 19.1 Å². The molecule has 2 rings (SSSR count). The molecular formula is C12H12ClF2NO4. The predicted molar refractivity (Wildman–Crippen MR) is 66.4 cm³/mol. The summed E-state index contributed by atoms with van der Waals surface area (Å²) in [6.07, 6.45) is 0. The molecule has 1 amide bonds. The molecule has 0 N–H and O–H groups in total. The minimum Gasteiger partial charge on any atom is -0.454 e. The van der Waals surface area contributed by atoms with E-state index in [1.54, 1.807) is 0 Å². The Kier molecular flexibility index (Phi) is 4.49. The summed E-state index contributed by atoms with van der Waals surface area (Å²) in [5.74, 6) is 0.182. The number of amides is 1. The maximum atomic E-state index is 12.4. The number of hydrogen-bond donors (Lipinski definition) is 0. The van der Waals surface area contributed by atoms with Gasteiger partial charge in [0.2, 0.25) is 12.7 Å². The first-order chi connectivity index (χ1) is 9.51. The van der Waals surface area contributed by atoms with Crippen molar-refractivity contribution >= 4 is 17.5 Å². The second-order valence-electron chi connectivity index (χ2n) is 4.08. The van der Waals surface area contributed by atoms with E-state index < -0.39 is 6.61 Å². The van der Waals surface area contributed by atoms with Gasteiger partial charge in [0, 0.05) is 25.2 Å². The summed E-state index contributed by atoms with van der Waals surface area (Å²) in [4.78, 5) is 12.7. The van der Waals surface area contributed by atoms with Gasteiger partial charge in [0.25, 0.3) is 0 Å². The van der Waals surface area contributed by atoms with E-state index in [-0.39, 0.29) is 30.9 Å². The van der Waals surface area contributed by atoms with Crippen molar-refractivity contribution in [2.45, 2.75) is 13.2 Å². The molecule has 0 unspecified atom stereocenters. The van der Waals surface area contributed by atoms with Crippen molar-refractivity contribution in [2.75, 3.05) is 19.7 Å². The summed E-state index contributed by atoms with van der Waals surface area (Å²) < 4.78 is 39.6. The van der Waals surface area contributed by atoms with Gasteiger partial charge in [-0.1, -0.05) is 0 Å². The van der Waals surface area contributed by atoms with Crippen LogP contribution in [0.15, 0.2) is 12.1 Å². The number of alkyl halides is 3. The van der Waals surface area contributed by atoms with Gasteiger partial charge in [-0.05, 0) is 6.07 Å². The molecule has 110 valence electrons. The molecule has 5 nitrogen and oxygen atoms in total. The Balaban J connectivity index is 2.27. The molecule has 0 fully saturated rings. The molecule has 8 heteroatoms. The second kappa shape index (κ2) is 6.13. The maximum absolute atomic E-state index is 12.4.